The van der Waals surface area contributed by atoms with Gasteiger partial charge in [-0.2, -0.15) is 0 Å². The van der Waals surface area contributed by atoms with Crippen LogP contribution in [0.15, 0.2) is 36.9 Å². The van der Waals surface area contributed by atoms with Gasteiger partial charge >= 0.3 is 0 Å². The highest BCUT2D eigenvalue weighted by Crippen LogP contribution is 2.31. The molecule has 0 aliphatic heterocycles. The molecule has 2 N–H and O–H groups in total. The second-order valence-corrected chi connectivity index (χ2v) is 4.10. The summed E-state index contributed by atoms with van der Waals surface area (Å²) < 4.78 is 0. The van der Waals surface area contributed by atoms with E-state index >= 15 is 0 Å². The summed E-state index contributed by atoms with van der Waals surface area (Å²) in [7, 11) is 0. The summed E-state index contributed by atoms with van der Waals surface area (Å²) in [5.74, 6) is 0. The predicted octanol–water partition coefficient (Wildman–Crippen LogP) is 2.83. The standard InChI is InChI=1S/C11H9Cl2N3/c12-8-2-1-3-9(13)10(8)11(14)7-4-15-6-16-5-7/h1-6,11H,14H2. The summed E-state index contributed by atoms with van der Waals surface area (Å²) >= 11 is 12.1. The van der Waals surface area contributed by atoms with Crippen LogP contribution in [0.5, 0.6) is 0 Å². The number of halogens is 2. The Morgan fingerprint density at radius 2 is 1.62 bits per heavy atom. The molecule has 0 saturated carbocycles. The Balaban J connectivity index is 2.46. The fourth-order valence-corrected chi connectivity index (χ4v) is 2.08. The van der Waals surface area contributed by atoms with Crippen LogP contribution in [0.25, 0.3) is 0 Å². The van der Waals surface area contributed by atoms with Crippen LogP contribution in [0.4, 0.5) is 0 Å². The van der Waals surface area contributed by atoms with Crippen LogP contribution in [0.2, 0.25) is 10.0 Å². The third kappa shape index (κ3) is 2.16. The SMILES string of the molecule is NC(c1cncnc1)c1c(Cl)cccc1Cl. The molecule has 2 aromatic rings. The summed E-state index contributed by atoms with van der Waals surface area (Å²) in [5, 5.41) is 1.09. The quantitative estimate of drug-likeness (QED) is 0.896. The molecule has 0 aliphatic rings. The van der Waals surface area contributed by atoms with Crippen molar-refractivity contribution in [2.24, 2.45) is 5.73 Å². The van der Waals surface area contributed by atoms with Gasteiger partial charge in [-0.15, -0.1) is 0 Å². The number of benzene rings is 1. The van der Waals surface area contributed by atoms with Gasteiger partial charge in [0.15, 0.2) is 0 Å². The fraction of sp³-hybridized carbons (Fsp3) is 0.0909. The monoisotopic (exact) mass is 253 g/mol. The molecule has 3 nitrogen and oxygen atoms in total. The van der Waals surface area contributed by atoms with E-state index in [-0.39, 0.29) is 0 Å². The first-order valence-electron chi connectivity index (χ1n) is 4.64. The van der Waals surface area contributed by atoms with E-state index in [1.165, 1.54) is 6.33 Å². The van der Waals surface area contributed by atoms with E-state index in [1.807, 2.05) is 0 Å². The van der Waals surface area contributed by atoms with E-state index in [0.29, 0.717) is 15.6 Å². The molecule has 1 heterocycles. The maximum atomic E-state index is 6.07. The van der Waals surface area contributed by atoms with Crippen molar-refractivity contribution in [2.45, 2.75) is 6.04 Å². The van der Waals surface area contributed by atoms with E-state index in [2.05, 4.69) is 9.97 Å². The molecule has 0 spiro atoms. The van der Waals surface area contributed by atoms with Crippen molar-refractivity contribution in [3.05, 3.63) is 58.1 Å². The van der Waals surface area contributed by atoms with E-state index < -0.39 is 6.04 Å². The topological polar surface area (TPSA) is 51.8 Å². The Morgan fingerprint density at radius 3 is 2.19 bits per heavy atom. The van der Waals surface area contributed by atoms with Crippen molar-refractivity contribution in [3.63, 3.8) is 0 Å². The third-order valence-corrected chi connectivity index (χ3v) is 2.91. The second kappa shape index (κ2) is 4.78. The molecule has 1 aromatic heterocycles. The van der Waals surface area contributed by atoms with Crippen molar-refractivity contribution in [2.75, 3.05) is 0 Å². The van der Waals surface area contributed by atoms with Crippen LogP contribution in [0.3, 0.4) is 0 Å². The largest absolute Gasteiger partial charge is 0.320 e. The zero-order valence-electron chi connectivity index (χ0n) is 8.27. The molecule has 0 saturated heterocycles. The van der Waals surface area contributed by atoms with Crippen molar-refractivity contribution >= 4 is 23.2 Å². The summed E-state index contributed by atoms with van der Waals surface area (Å²) in [4.78, 5) is 7.83. The minimum absolute atomic E-state index is 0.414. The lowest BCUT2D eigenvalue weighted by Gasteiger charge is -2.14. The Hall–Kier alpha value is -1.16. The van der Waals surface area contributed by atoms with Gasteiger partial charge in [0.25, 0.3) is 0 Å². The Kier molecular flexibility index (Phi) is 3.39. The average molecular weight is 254 g/mol. The van der Waals surface area contributed by atoms with Gasteiger partial charge in [0.1, 0.15) is 6.33 Å². The van der Waals surface area contributed by atoms with Crippen molar-refractivity contribution in [3.8, 4) is 0 Å². The van der Waals surface area contributed by atoms with Gasteiger partial charge in [0.05, 0.1) is 6.04 Å². The molecular weight excluding hydrogens is 245 g/mol. The summed E-state index contributed by atoms with van der Waals surface area (Å²) in [5.41, 5.74) is 7.54. The Morgan fingerprint density at radius 1 is 1.06 bits per heavy atom. The Bertz CT molecular complexity index is 468. The molecule has 82 valence electrons. The molecule has 1 aromatic carbocycles. The normalized spacial score (nSPS) is 12.4. The first-order valence-corrected chi connectivity index (χ1v) is 5.40. The molecule has 5 heteroatoms. The smallest absolute Gasteiger partial charge is 0.115 e. The van der Waals surface area contributed by atoms with Crippen LogP contribution < -0.4 is 5.73 Å². The van der Waals surface area contributed by atoms with E-state index in [9.17, 15) is 0 Å². The maximum absolute atomic E-state index is 6.07. The summed E-state index contributed by atoms with van der Waals surface area (Å²) in [6.07, 6.45) is 4.75. The zero-order valence-corrected chi connectivity index (χ0v) is 9.78. The van der Waals surface area contributed by atoms with Crippen molar-refractivity contribution in [1.29, 1.82) is 0 Å². The predicted molar refractivity (Wildman–Crippen MR) is 64.5 cm³/mol. The first-order chi connectivity index (χ1) is 7.70. The van der Waals surface area contributed by atoms with Crippen LogP contribution in [0.1, 0.15) is 17.2 Å². The number of rotatable bonds is 2. The Labute approximate surface area is 103 Å². The lowest BCUT2D eigenvalue weighted by atomic mass is 10.0. The van der Waals surface area contributed by atoms with Gasteiger partial charge in [0, 0.05) is 33.6 Å². The van der Waals surface area contributed by atoms with Crippen molar-refractivity contribution in [1.82, 2.24) is 9.97 Å². The summed E-state index contributed by atoms with van der Waals surface area (Å²) in [6, 6.07) is 4.88. The molecule has 0 amide bonds. The van der Waals surface area contributed by atoms with Crippen LogP contribution in [0, 0.1) is 0 Å². The number of hydrogen-bond acceptors (Lipinski definition) is 3. The minimum atomic E-state index is -0.414. The van der Waals surface area contributed by atoms with E-state index in [4.69, 9.17) is 28.9 Å². The highest BCUT2D eigenvalue weighted by atomic mass is 35.5. The maximum Gasteiger partial charge on any atom is 0.115 e. The fourth-order valence-electron chi connectivity index (χ4n) is 1.45. The molecule has 0 radical (unpaired) electrons. The van der Waals surface area contributed by atoms with Gasteiger partial charge in [0.2, 0.25) is 0 Å². The third-order valence-electron chi connectivity index (χ3n) is 2.25. The first kappa shape index (κ1) is 11.3. The molecule has 0 bridgehead atoms. The second-order valence-electron chi connectivity index (χ2n) is 3.28. The van der Waals surface area contributed by atoms with E-state index in [0.717, 1.165) is 5.56 Å². The minimum Gasteiger partial charge on any atom is -0.320 e. The van der Waals surface area contributed by atoms with Gasteiger partial charge in [-0.25, -0.2) is 9.97 Å². The molecule has 0 aliphatic carbocycles. The number of nitrogens with zero attached hydrogens (tertiary/aromatic N) is 2. The average Bonchev–Trinajstić information content (AvgIpc) is 2.30. The van der Waals surface area contributed by atoms with E-state index in [1.54, 1.807) is 30.6 Å². The van der Waals surface area contributed by atoms with Crippen LogP contribution >= 0.6 is 23.2 Å². The highest BCUT2D eigenvalue weighted by molar-refractivity contribution is 6.36. The molecule has 16 heavy (non-hydrogen) atoms. The number of aromatic nitrogens is 2. The number of hydrogen-bond donors (Lipinski definition) is 1. The number of nitrogens with two attached hydrogens (primary N) is 1. The molecule has 1 unspecified atom stereocenters. The lowest BCUT2D eigenvalue weighted by molar-refractivity contribution is 0.851. The molecule has 2 rings (SSSR count). The van der Waals surface area contributed by atoms with Crippen LogP contribution in [-0.2, 0) is 0 Å². The van der Waals surface area contributed by atoms with Gasteiger partial charge in [-0.3, -0.25) is 0 Å². The van der Waals surface area contributed by atoms with Gasteiger partial charge in [-0.05, 0) is 12.1 Å². The lowest BCUT2D eigenvalue weighted by Crippen LogP contribution is -2.13. The highest BCUT2D eigenvalue weighted by Gasteiger charge is 2.16. The van der Waals surface area contributed by atoms with Crippen molar-refractivity contribution < 1.29 is 0 Å². The van der Waals surface area contributed by atoms with Gasteiger partial charge < -0.3 is 5.73 Å². The molecule has 0 fully saturated rings. The molecular formula is C11H9Cl2N3. The molecule has 1 atom stereocenters. The van der Waals surface area contributed by atoms with Crippen LogP contribution in [-0.4, -0.2) is 9.97 Å². The van der Waals surface area contributed by atoms with Gasteiger partial charge in [-0.1, -0.05) is 29.3 Å². The summed E-state index contributed by atoms with van der Waals surface area (Å²) in [6.45, 7) is 0. The zero-order chi connectivity index (χ0) is 11.5.